The molecule has 118 valence electrons. The molecule has 0 spiro atoms. The van der Waals surface area contributed by atoms with Crippen LogP contribution in [0.2, 0.25) is 0 Å². The molecule has 4 aromatic rings. The number of benzene rings is 2. The summed E-state index contributed by atoms with van der Waals surface area (Å²) in [6, 6.07) is 12.7. The molecule has 2 heterocycles. The van der Waals surface area contributed by atoms with Crippen LogP contribution in [0.3, 0.4) is 0 Å². The van der Waals surface area contributed by atoms with E-state index in [0.717, 1.165) is 25.6 Å². The molecular formula is C17H11BrN4O2. The molecule has 0 bridgehead atoms. The van der Waals surface area contributed by atoms with Gasteiger partial charge in [-0.3, -0.25) is 4.79 Å². The van der Waals surface area contributed by atoms with Crippen LogP contribution in [0, 0.1) is 0 Å². The van der Waals surface area contributed by atoms with E-state index in [0.29, 0.717) is 10.9 Å². The minimum Gasteiger partial charge on any atom is -0.361 e. The summed E-state index contributed by atoms with van der Waals surface area (Å²) in [5, 5.41) is 5.43. The molecule has 6 nitrogen and oxygen atoms in total. The molecule has 24 heavy (non-hydrogen) atoms. The molecule has 2 aromatic heterocycles. The number of aromatic nitrogens is 3. The van der Waals surface area contributed by atoms with Crippen LogP contribution in [0.4, 0.5) is 0 Å². The molecule has 0 aliphatic rings. The van der Waals surface area contributed by atoms with Crippen LogP contribution in [-0.4, -0.2) is 20.9 Å². The summed E-state index contributed by atoms with van der Waals surface area (Å²) in [5.41, 5.74) is 1.20. The molecule has 0 aliphatic heterocycles. The molecule has 4 rings (SSSR count). The Bertz CT molecular complexity index is 1220. The first kappa shape index (κ1) is 14.6. The van der Waals surface area contributed by atoms with Crippen molar-refractivity contribution in [2.24, 2.45) is 5.10 Å². The number of nitrogens with zero attached hydrogens (tertiary/aromatic N) is 2. The highest BCUT2D eigenvalue weighted by Gasteiger charge is 2.06. The van der Waals surface area contributed by atoms with Crippen LogP contribution in [0.25, 0.3) is 21.8 Å². The Labute approximate surface area is 143 Å². The van der Waals surface area contributed by atoms with E-state index >= 15 is 0 Å². The van der Waals surface area contributed by atoms with E-state index in [1.54, 1.807) is 30.5 Å². The normalized spacial score (nSPS) is 11.7. The number of hydrogen-bond donors (Lipinski definition) is 2. The minimum absolute atomic E-state index is 0.413. The Morgan fingerprint density at radius 1 is 1.04 bits per heavy atom. The number of hydrogen-bond acceptors (Lipinski definition) is 3. The van der Waals surface area contributed by atoms with Gasteiger partial charge in [-0.25, -0.2) is 4.79 Å². The molecule has 0 atom stereocenters. The summed E-state index contributed by atoms with van der Waals surface area (Å²) < 4.78 is 1.77. The standard InChI is InChI=1S/C17H11BrN4O2/c18-11-5-6-14-13(7-11)10(8-19-14)9-20-22-16(23)12-3-1-2-4-15(12)21-17(22)24/h1-9,19H,(H,21,24). The third kappa shape index (κ3) is 2.39. The summed E-state index contributed by atoms with van der Waals surface area (Å²) in [6.07, 6.45) is 3.28. The van der Waals surface area contributed by atoms with Gasteiger partial charge in [0.2, 0.25) is 0 Å². The zero-order chi connectivity index (χ0) is 16.7. The molecule has 2 aromatic carbocycles. The molecule has 2 N–H and O–H groups in total. The summed E-state index contributed by atoms with van der Waals surface area (Å²) in [6.45, 7) is 0. The van der Waals surface area contributed by atoms with Crippen LogP contribution in [-0.2, 0) is 0 Å². The summed E-state index contributed by atoms with van der Waals surface area (Å²) in [5.74, 6) is 0. The van der Waals surface area contributed by atoms with E-state index in [2.05, 4.69) is 31.0 Å². The van der Waals surface area contributed by atoms with Crippen LogP contribution < -0.4 is 11.2 Å². The molecule has 0 saturated heterocycles. The highest BCUT2D eigenvalue weighted by atomic mass is 79.9. The quantitative estimate of drug-likeness (QED) is 0.522. The third-order valence-electron chi connectivity index (χ3n) is 3.77. The molecule has 0 aliphatic carbocycles. The van der Waals surface area contributed by atoms with Gasteiger partial charge in [0.1, 0.15) is 0 Å². The Hall–Kier alpha value is -2.93. The van der Waals surface area contributed by atoms with Crippen LogP contribution in [0.1, 0.15) is 5.56 Å². The monoisotopic (exact) mass is 382 g/mol. The van der Waals surface area contributed by atoms with E-state index in [-0.39, 0.29) is 0 Å². The van der Waals surface area contributed by atoms with E-state index in [9.17, 15) is 9.59 Å². The Kier molecular flexibility index (Phi) is 3.42. The van der Waals surface area contributed by atoms with Crippen LogP contribution in [0.15, 0.2) is 67.8 Å². The van der Waals surface area contributed by atoms with Crippen molar-refractivity contribution in [1.82, 2.24) is 14.6 Å². The van der Waals surface area contributed by atoms with Gasteiger partial charge in [-0.15, -0.1) is 4.68 Å². The maximum atomic E-state index is 12.4. The lowest BCUT2D eigenvalue weighted by Gasteiger charge is -2.00. The lowest BCUT2D eigenvalue weighted by molar-refractivity contribution is 0.771. The number of nitrogens with one attached hydrogen (secondary N) is 2. The fourth-order valence-corrected chi connectivity index (χ4v) is 2.96. The topological polar surface area (TPSA) is 83.0 Å². The Balaban J connectivity index is 1.87. The Morgan fingerprint density at radius 3 is 2.75 bits per heavy atom. The molecule has 0 radical (unpaired) electrons. The number of aromatic amines is 2. The molecule has 0 saturated carbocycles. The van der Waals surface area contributed by atoms with E-state index in [1.807, 2.05) is 18.2 Å². The van der Waals surface area contributed by atoms with Crippen molar-refractivity contribution in [3.63, 3.8) is 0 Å². The zero-order valence-electron chi connectivity index (χ0n) is 12.3. The van der Waals surface area contributed by atoms with Crippen molar-refractivity contribution in [3.8, 4) is 0 Å². The van der Waals surface area contributed by atoms with Crippen molar-refractivity contribution in [2.45, 2.75) is 0 Å². The highest BCUT2D eigenvalue weighted by molar-refractivity contribution is 9.10. The summed E-state index contributed by atoms with van der Waals surface area (Å²) in [7, 11) is 0. The van der Waals surface area contributed by atoms with Crippen molar-refractivity contribution in [1.29, 1.82) is 0 Å². The lowest BCUT2D eigenvalue weighted by atomic mass is 10.2. The van der Waals surface area contributed by atoms with Gasteiger partial charge in [0.05, 0.1) is 17.1 Å². The SMILES string of the molecule is O=c1[nH]c2ccccc2c(=O)n1N=Cc1c[nH]c2ccc(Br)cc12. The largest absolute Gasteiger partial charge is 0.361 e. The van der Waals surface area contributed by atoms with Crippen LogP contribution >= 0.6 is 15.9 Å². The minimum atomic E-state index is -0.573. The van der Waals surface area contributed by atoms with Gasteiger partial charge in [0.25, 0.3) is 5.56 Å². The maximum Gasteiger partial charge on any atom is 0.349 e. The van der Waals surface area contributed by atoms with Gasteiger partial charge in [0, 0.05) is 27.1 Å². The van der Waals surface area contributed by atoms with E-state index < -0.39 is 11.2 Å². The second kappa shape index (κ2) is 5.61. The number of fused-ring (bicyclic) bond motifs is 2. The average Bonchev–Trinajstić information content (AvgIpc) is 2.97. The second-order valence-electron chi connectivity index (χ2n) is 5.27. The Morgan fingerprint density at radius 2 is 1.88 bits per heavy atom. The van der Waals surface area contributed by atoms with Gasteiger partial charge in [-0.05, 0) is 30.3 Å². The van der Waals surface area contributed by atoms with Crippen molar-refractivity contribution in [2.75, 3.05) is 0 Å². The smallest absolute Gasteiger partial charge is 0.349 e. The molecule has 0 amide bonds. The van der Waals surface area contributed by atoms with Crippen molar-refractivity contribution < 1.29 is 0 Å². The van der Waals surface area contributed by atoms with Gasteiger partial charge in [-0.1, -0.05) is 28.1 Å². The summed E-state index contributed by atoms with van der Waals surface area (Å²) in [4.78, 5) is 30.3. The number of halogens is 1. The number of H-pyrrole nitrogens is 2. The lowest BCUT2D eigenvalue weighted by Crippen LogP contribution is -2.32. The van der Waals surface area contributed by atoms with Gasteiger partial charge in [-0.2, -0.15) is 5.10 Å². The molecular weight excluding hydrogens is 372 g/mol. The predicted molar refractivity (Wildman–Crippen MR) is 97.8 cm³/mol. The molecule has 0 fully saturated rings. The van der Waals surface area contributed by atoms with E-state index in [1.165, 1.54) is 6.21 Å². The number of para-hydroxylation sites is 1. The second-order valence-corrected chi connectivity index (χ2v) is 6.19. The summed E-state index contributed by atoms with van der Waals surface area (Å²) >= 11 is 3.43. The highest BCUT2D eigenvalue weighted by Crippen LogP contribution is 2.21. The number of rotatable bonds is 2. The first-order chi connectivity index (χ1) is 11.6. The van der Waals surface area contributed by atoms with Crippen LogP contribution in [0.5, 0.6) is 0 Å². The fraction of sp³-hybridized carbons (Fsp3) is 0. The third-order valence-corrected chi connectivity index (χ3v) is 4.27. The van der Waals surface area contributed by atoms with E-state index in [4.69, 9.17) is 0 Å². The van der Waals surface area contributed by atoms with Gasteiger partial charge < -0.3 is 9.97 Å². The fourth-order valence-electron chi connectivity index (χ4n) is 2.60. The average molecular weight is 383 g/mol. The van der Waals surface area contributed by atoms with Crippen molar-refractivity contribution >= 4 is 44.0 Å². The zero-order valence-corrected chi connectivity index (χ0v) is 13.9. The molecule has 0 unspecified atom stereocenters. The van der Waals surface area contributed by atoms with Gasteiger partial charge >= 0.3 is 5.69 Å². The maximum absolute atomic E-state index is 12.4. The first-order valence-electron chi connectivity index (χ1n) is 7.18. The molecule has 7 heteroatoms. The van der Waals surface area contributed by atoms with Crippen molar-refractivity contribution in [3.05, 3.63) is 79.5 Å². The predicted octanol–water partition coefficient (Wildman–Crippen LogP) is 2.82. The first-order valence-corrected chi connectivity index (χ1v) is 7.98. The van der Waals surface area contributed by atoms with Gasteiger partial charge in [0.15, 0.2) is 0 Å².